The van der Waals surface area contributed by atoms with E-state index in [0.29, 0.717) is 68.9 Å². The molecule has 1 aromatic heterocycles. The van der Waals surface area contributed by atoms with Gasteiger partial charge in [-0.05, 0) is 62.6 Å². The van der Waals surface area contributed by atoms with Gasteiger partial charge >= 0.3 is 5.97 Å². The lowest BCUT2D eigenvalue weighted by Gasteiger charge is -2.27. The summed E-state index contributed by atoms with van der Waals surface area (Å²) in [5.74, 6) is -0.784. The highest BCUT2D eigenvalue weighted by atomic mass is 32.2. The van der Waals surface area contributed by atoms with Crippen molar-refractivity contribution in [3.05, 3.63) is 40.4 Å². The van der Waals surface area contributed by atoms with Crippen molar-refractivity contribution >= 4 is 38.2 Å². The molecule has 0 radical (unpaired) electrons. The maximum Gasteiger partial charge on any atom is 0.309 e. The lowest BCUT2D eigenvalue weighted by molar-refractivity contribution is -0.145. The van der Waals surface area contributed by atoms with Crippen molar-refractivity contribution in [1.29, 1.82) is 0 Å². The van der Waals surface area contributed by atoms with E-state index in [1.54, 1.807) is 24.3 Å². The molecule has 2 atom stereocenters. The summed E-state index contributed by atoms with van der Waals surface area (Å²) in [6, 6.07) is 6.44. The van der Waals surface area contributed by atoms with Gasteiger partial charge in [-0.2, -0.15) is 0 Å². The molecule has 0 bridgehead atoms. The van der Waals surface area contributed by atoms with E-state index < -0.39 is 15.9 Å². The SMILES string of the molecule is COC(=O)C1CCc2nc(NC(=O)C(OC3CCOCC3)c3ccc(S(=O)(=O)C4CC4)cc3)sc2C1. The van der Waals surface area contributed by atoms with E-state index in [9.17, 15) is 18.0 Å². The molecular formula is C25H30N2O7S2. The van der Waals surface area contributed by atoms with E-state index in [1.807, 2.05) is 0 Å². The summed E-state index contributed by atoms with van der Waals surface area (Å²) in [6.45, 7) is 1.14. The largest absolute Gasteiger partial charge is 0.469 e. The highest BCUT2D eigenvalue weighted by Gasteiger charge is 2.37. The zero-order valence-electron chi connectivity index (χ0n) is 20.1. The highest BCUT2D eigenvalue weighted by Crippen LogP contribution is 2.36. The van der Waals surface area contributed by atoms with Crippen LogP contribution in [0.3, 0.4) is 0 Å². The summed E-state index contributed by atoms with van der Waals surface area (Å²) in [7, 11) is -1.93. The number of amides is 1. The number of carbonyl (C=O) groups is 2. The summed E-state index contributed by atoms with van der Waals surface area (Å²) in [5, 5.41) is 3.06. The van der Waals surface area contributed by atoms with Crippen molar-refractivity contribution in [3.63, 3.8) is 0 Å². The molecule has 1 N–H and O–H groups in total. The van der Waals surface area contributed by atoms with Crippen LogP contribution in [0.2, 0.25) is 0 Å². The number of anilines is 1. The van der Waals surface area contributed by atoms with Crippen molar-refractivity contribution in [2.75, 3.05) is 25.6 Å². The predicted molar refractivity (Wildman–Crippen MR) is 133 cm³/mol. The molecule has 1 aromatic carbocycles. The molecule has 2 aliphatic carbocycles. The number of rotatable bonds is 8. The third-order valence-corrected chi connectivity index (χ3v) is 10.2. The Morgan fingerprint density at radius 1 is 1.11 bits per heavy atom. The number of aromatic nitrogens is 1. The van der Waals surface area contributed by atoms with Gasteiger partial charge in [0, 0.05) is 18.1 Å². The molecule has 1 saturated heterocycles. The molecule has 11 heteroatoms. The molecule has 2 heterocycles. The van der Waals surface area contributed by atoms with Gasteiger partial charge in [0.05, 0.1) is 35.0 Å². The summed E-state index contributed by atoms with van der Waals surface area (Å²) >= 11 is 1.36. The molecule has 36 heavy (non-hydrogen) atoms. The van der Waals surface area contributed by atoms with E-state index >= 15 is 0 Å². The van der Waals surface area contributed by atoms with E-state index in [1.165, 1.54) is 18.4 Å². The third-order valence-electron chi connectivity index (χ3n) is 6.91. The fraction of sp³-hybridized carbons (Fsp3) is 0.560. The number of aryl methyl sites for hydroxylation is 1. The molecular weight excluding hydrogens is 504 g/mol. The minimum atomic E-state index is -3.32. The van der Waals surface area contributed by atoms with E-state index in [4.69, 9.17) is 14.2 Å². The van der Waals surface area contributed by atoms with Gasteiger partial charge in [-0.1, -0.05) is 12.1 Å². The van der Waals surface area contributed by atoms with Crippen molar-refractivity contribution < 1.29 is 32.2 Å². The van der Waals surface area contributed by atoms with Gasteiger partial charge in [-0.25, -0.2) is 13.4 Å². The minimum Gasteiger partial charge on any atom is -0.469 e. The Hall–Kier alpha value is -2.34. The van der Waals surface area contributed by atoms with E-state index in [0.717, 1.165) is 10.6 Å². The Balaban J connectivity index is 1.34. The summed E-state index contributed by atoms with van der Waals surface area (Å²) in [6.07, 6.45) is 3.55. The van der Waals surface area contributed by atoms with E-state index in [2.05, 4.69) is 10.3 Å². The normalized spacial score (nSPS) is 21.4. The molecule has 2 aromatic rings. The Bertz CT molecular complexity index is 1220. The van der Waals surface area contributed by atoms with Gasteiger partial charge in [-0.15, -0.1) is 11.3 Å². The van der Waals surface area contributed by atoms with E-state index in [-0.39, 0.29) is 34.0 Å². The third kappa shape index (κ3) is 5.49. The van der Waals surface area contributed by atoms with Crippen LogP contribution in [0.1, 0.15) is 54.3 Å². The van der Waals surface area contributed by atoms with Crippen LogP contribution in [0.15, 0.2) is 29.2 Å². The number of hydrogen-bond donors (Lipinski definition) is 1. The van der Waals surface area contributed by atoms with Crippen LogP contribution in [0, 0.1) is 5.92 Å². The second-order valence-corrected chi connectivity index (χ2v) is 12.8. The van der Waals surface area contributed by atoms with Gasteiger partial charge < -0.3 is 14.2 Å². The molecule has 1 aliphatic heterocycles. The lowest BCUT2D eigenvalue weighted by Crippen LogP contribution is -2.31. The van der Waals surface area contributed by atoms with Gasteiger partial charge in [0.25, 0.3) is 5.91 Å². The molecule has 2 unspecified atom stereocenters. The standard InChI is InChI=1S/C25H30N2O7S2/c1-32-24(29)16-4-9-20-21(14-16)35-25(26-20)27-23(28)22(34-17-10-12-33-13-11-17)15-2-5-18(6-3-15)36(30,31)19-7-8-19/h2-3,5-6,16-17,19,22H,4,7-14H2,1H3,(H,26,27,28). The zero-order chi connectivity index (χ0) is 25.3. The number of fused-ring (bicyclic) bond motifs is 1. The number of carbonyl (C=O) groups excluding carboxylic acids is 2. The van der Waals surface area contributed by atoms with Crippen molar-refractivity contribution in [3.8, 4) is 0 Å². The zero-order valence-corrected chi connectivity index (χ0v) is 21.7. The van der Waals surface area contributed by atoms with Crippen molar-refractivity contribution in [1.82, 2.24) is 4.98 Å². The number of benzene rings is 1. The minimum absolute atomic E-state index is 0.144. The van der Waals surface area contributed by atoms with Crippen LogP contribution >= 0.6 is 11.3 Å². The van der Waals surface area contributed by atoms with Crippen LogP contribution in [-0.4, -0.2) is 57.0 Å². The molecule has 3 aliphatic rings. The second kappa shape index (κ2) is 10.6. The molecule has 9 nitrogen and oxygen atoms in total. The highest BCUT2D eigenvalue weighted by molar-refractivity contribution is 7.92. The van der Waals surface area contributed by atoms with Crippen LogP contribution in [-0.2, 0) is 46.5 Å². The average Bonchev–Trinajstić information content (AvgIpc) is 3.68. The smallest absolute Gasteiger partial charge is 0.309 e. The first-order valence-corrected chi connectivity index (χ1v) is 14.7. The predicted octanol–water partition coefficient (Wildman–Crippen LogP) is 3.23. The quantitative estimate of drug-likeness (QED) is 0.513. The summed E-state index contributed by atoms with van der Waals surface area (Å²) in [4.78, 5) is 31.2. The molecule has 5 rings (SSSR count). The number of nitrogens with zero attached hydrogens (tertiary/aromatic N) is 1. The van der Waals surface area contributed by atoms with Crippen LogP contribution in [0.4, 0.5) is 5.13 Å². The van der Waals surface area contributed by atoms with Crippen LogP contribution in [0.25, 0.3) is 0 Å². The summed E-state index contributed by atoms with van der Waals surface area (Å²) < 4.78 is 41.7. The lowest BCUT2D eigenvalue weighted by atomic mass is 9.91. The molecule has 0 spiro atoms. The fourth-order valence-corrected chi connectivity index (χ4v) is 7.41. The Kier molecular flexibility index (Phi) is 7.43. The monoisotopic (exact) mass is 534 g/mol. The van der Waals surface area contributed by atoms with Crippen molar-refractivity contribution in [2.45, 2.75) is 67.3 Å². The second-order valence-electron chi connectivity index (χ2n) is 9.48. The number of methoxy groups -OCH3 is 1. The first kappa shape index (κ1) is 25.3. The Labute approximate surface area is 214 Å². The Morgan fingerprint density at radius 3 is 2.50 bits per heavy atom. The number of esters is 1. The summed E-state index contributed by atoms with van der Waals surface area (Å²) in [5.41, 5.74) is 1.48. The van der Waals surface area contributed by atoms with Crippen molar-refractivity contribution in [2.24, 2.45) is 5.92 Å². The van der Waals surface area contributed by atoms with Gasteiger partial charge in [0.15, 0.2) is 21.1 Å². The number of nitrogens with one attached hydrogen (secondary N) is 1. The number of hydrogen-bond acceptors (Lipinski definition) is 9. The van der Waals surface area contributed by atoms with Crippen LogP contribution in [0.5, 0.6) is 0 Å². The Morgan fingerprint density at radius 2 is 1.83 bits per heavy atom. The van der Waals surface area contributed by atoms with Gasteiger partial charge in [0.1, 0.15) is 0 Å². The molecule has 194 valence electrons. The maximum absolute atomic E-state index is 13.4. The number of thiazole rings is 1. The van der Waals surface area contributed by atoms with Gasteiger partial charge in [-0.3, -0.25) is 14.9 Å². The van der Waals surface area contributed by atoms with Crippen LogP contribution < -0.4 is 5.32 Å². The number of sulfone groups is 1. The first-order chi connectivity index (χ1) is 17.3. The van der Waals surface area contributed by atoms with Gasteiger partial charge in [0.2, 0.25) is 0 Å². The topological polar surface area (TPSA) is 121 Å². The first-order valence-electron chi connectivity index (χ1n) is 12.3. The molecule has 1 saturated carbocycles. The fourth-order valence-electron chi connectivity index (χ4n) is 4.67. The molecule has 1 amide bonds. The average molecular weight is 535 g/mol. The maximum atomic E-state index is 13.4. The molecule has 2 fully saturated rings. The number of ether oxygens (including phenoxy) is 3.